The van der Waals surface area contributed by atoms with Crippen LogP contribution in [0.3, 0.4) is 0 Å². The monoisotopic (exact) mass is 294 g/mol. The smallest absolute Gasteiger partial charge is 0.274 e. The van der Waals surface area contributed by atoms with E-state index >= 15 is 0 Å². The van der Waals surface area contributed by atoms with Crippen LogP contribution in [-0.4, -0.2) is 10.2 Å². The zero-order valence-electron chi connectivity index (χ0n) is 6.97. The number of nitrogens with zero attached hydrogens (tertiary/aromatic N) is 2. The molecule has 0 N–H and O–H groups in total. The lowest BCUT2D eigenvalue weighted by atomic mass is 10.2. The summed E-state index contributed by atoms with van der Waals surface area (Å²) in [6, 6.07) is 2.63. The third-order valence-corrected chi connectivity index (χ3v) is 2.32. The van der Waals surface area contributed by atoms with Gasteiger partial charge in [0.05, 0.1) is 5.56 Å². The fraction of sp³-hybridized carbons (Fsp3) is 0.125. The van der Waals surface area contributed by atoms with E-state index in [4.69, 9.17) is 16.9 Å². The number of halogens is 4. The minimum atomic E-state index is -2.83. The van der Waals surface area contributed by atoms with Crippen molar-refractivity contribution in [1.29, 1.82) is 5.26 Å². The molecule has 78 valence electrons. The molecule has 0 atom stereocenters. The van der Waals surface area contributed by atoms with E-state index in [-0.39, 0.29) is 10.0 Å². The molecule has 1 rings (SSSR count). The van der Waals surface area contributed by atoms with Gasteiger partial charge in [-0.15, -0.1) is 0 Å². The van der Waals surface area contributed by atoms with Crippen molar-refractivity contribution in [3.63, 3.8) is 0 Å². The molecular formula is C8H2BrClF2N2O. The minimum absolute atomic E-state index is 0.0688. The van der Waals surface area contributed by atoms with Crippen LogP contribution < -0.4 is 0 Å². The van der Waals surface area contributed by atoms with Crippen molar-refractivity contribution in [1.82, 2.24) is 4.98 Å². The van der Waals surface area contributed by atoms with Crippen LogP contribution in [-0.2, 0) is 0 Å². The van der Waals surface area contributed by atoms with Crippen LogP contribution in [0, 0.1) is 11.3 Å². The Hall–Kier alpha value is -1.06. The first-order valence-electron chi connectivity index (χ1n) is 3.56. The van der Waals surface area contributed by atoms with Crippen LogP contribution in [0.2, 0.25) is 0 Å². The molecule has 0 aliphatic carbocycles. The highest BCUT2D eigenvalue weighted by molar-refractivity contribution is 9.10. The van der Waals surface area contributed by atoms with Crippen LogP contribution >= 0.6 is 27.5 Å². The summed E-state index contributed by atoms with van der Waals surface area (Å²) in [6.07, 6.45) is -2.83. The first-order chi connectivity index (χ1) is 6.97. The lowest BCUT2D eigenvalue weighted by molar-refractivity contribution is 0.107. The van der Waals surface area contributed by atoms with E-state index in [0.717, 1.165) is 6.07 Å². The molecule has 0 bridgehead atoms. The summed E-state index contributed by atoms with van der Waals surface area (Å²) >= 11 is 8.01. The Morgan fingerprint density at radius 2 is 2.27 bits per heavy atom. The van der Waals surface area contributed by atoms with Gasteiger partial charge in [-0.25, -0.2) is 13.8 Å². The average Bonchev–Trinajstić information content (AvgIpc) is 2.16. The summed E-state index contributed by atoms with van der Waals surface area (Å²) in [4.78, 5) is 14.2. The molecule has 0 aliphatic heterocycles. The fourth-order valence-corrected chi connectivity index (χ4v) is 1.54. The molecule has 7 heteroatoms. The quantitative estimate of drug-likeness (QED) is 0.788. The van der Waals surface area contributed by atoms with Gasteiger partial charge in [0.15, 0.2) is 0 Å². The molecule has 0 aromatic carbocycles. The fourth-order valence-electron chi connectivity index (χ4n) is 0.893. The molecule has 0 fully saturated rings. The van der Waals surface area contributed by atoms with E-state index in [1.54, 1.807) is 6.07 Å². The average molecular weight is 295 g/mol. The molecule has 0 spiro atoms. The Labute approximate surface area is 96.8 Å². The summed E-state index contributed by atoms with van der Waals surface area (Å²) in [5.74, 6) is 0. The van der Waals surface area contributed by atoms with Crippen LogP contribution in [0.15, 0.2) is 10.5 Å². The van der Waals surface area contributed by atoms with Gasteiger partial charge in [0.25, 0.3) is 11.7 Å². The second-order valence-electron chi connectivity index (χ2n) is 2.44. The molecular weight excluding hydrogens is 293 g/mol. The largest absolute Gasteiger partial charge is 0.280 e. The second kappa shape index (κ2) is 4.64. The highest BCUT2D eigenvalue weighted by Crippen LogP contribution is 2.26. The third kappa shape index (κ3) is 2.49. The molecule has 1 heterocycles. The predicted molar refractivity (Wildman–Crippen MR) is 51.8 cm³/mol. The van der Waals surface area contributed by atoms with Gasteiger partial charge in [-0.1, -0.05) is 0 Å². The van der Waals surface area contributed by atoms with Crippen LogP contribution in [0.5, 0.6) is 0 Å². The Kier molecular flexibility index (Phi) is 3.72. The topological polar surface area (TPSA) is 53.8 Å². The molecule has 0 saturated carbocycles. The lowest BCUT2D eigenvalue weighted by Gasteiger charge is -2.04. The summed E-state index contributed by atoms with van der Waals surface area (Å²) < 4.78 is 24.7. The van der Waals surface area contributed by atoms with Crippen molar-refractivity contribution in [3.05, 3.63) is 27.5 Å². The minimum Gasteiger partial charge on any atom is -0.274 e. The standard InChI is InChI=1S/C8H2BrClF2N2O/c9-4-1-5(8(11)12)14-6(7(10)15)3(4)2-13/h1,8H. The van der Waals surface area contributed by atoms with Gasteiger partial charge in [0.2, 0.25) is 0 Å². The molecule has 1 aromatic rings. The number of alkyl halides is 2. The summed E-state index contributed by atoms with van der Waals surface area (Å²) in [6.45, 7) is 0. The summed E-state index contributed by atoms with van der Waals surface area (Å²) in [5.41, 5.74) is -1.23. The van der Waals surface area contributed by atoms with Crippen LogP contribution in [0.1, 0.15) is 28.2 Å². The highest BCUT2D eigenvalue weighted by Gasteiger charge is 2.19. The van der Waals surface area contributed by atoms with E-state index < -0.39 is 23.1 Å². The van der Waals surface area contributed by atoms with E-state index in [0.29, 0.717) is 0 Å². The van der Waals surface area contributed by atoms with Crippen molar-refractivity contribution in [2.45, 2.75) is 6.43 Å². The number of carbonyl (C=O) groups is 1. The predicted octanol–water partition coefficient (Wildman–Crippen LogP) is 3.03. The summed E-state index contributed by atoms with van der Waals surface area (Å²) in [7, 11) is 0. The van der Waals surface area contributed by atoms with Gasteiger partial charge in [0, 0.05) is 4.47 Å². The molecule has 0 aliphatic rings. The lowest BCUT2D eigenvalue weighted by Crippen LogP contribution is -2.04. The normalized spacial score (nSPS) is 10.1. The van der Waals surface area contributed by atoms with Crippen molar-refractivity contribution < 1.29 is 13.6 Å². The van der Waals surface area contributed by atoms with Gasteiger partial charge >= 0.3 is 0 Å². The van der Waals surface area contributed by atoms with Gasteiger partial charge < -0.3 is 0 Å². The summed E-state index contributed by atoms with van der Waals surface area (Å²) in [5, 5.41) is 7.61. The second-order valence-corrected chi connectivity index (χ2v) is 3.64. The van der Waals surface area contributed by atoms with Crippen molar-refractivity contribution in [3.8, 4) is 6.07 Å². The SMILES string of the molecule is N#Cc1c(Br)cc(C(F)F)nc1C(=O)Cl. The van der Waals surface area contributed by atoms with Gasteiger partial charge in [-0.2, -0.15) is 5.26 Å². The Balaban J connectivity index is 3.47. The van der Waals surface area contributed by atoms with E-state index in [1.807, 2.05) is 0 Å². The Morgan fingerprint density at radius 3 is 2.67 bits per heavy atom. The van der Waals surface area contributed by atoms with E-state index in [2.05, 4.69) is 20.9 Å². The number of nitriles is 1. The molecule has 0 saturated heterocycles. The molecule has 15 heavy (non-hydrogen) atoms. The third-order valence-electron chi connectivity index (χ3n) is 1.51. The molecule has 3 nitrogen and oxygen atoms in total. The van der Waals surface area contributed by atoms with Crippen molar-refractivity contribution in [2.24, 2.45) is 0 Å². The molecule has 0 amide bonds. The number of pyridine rings is 1. The Morgan fingerprint density at radius 1 is 1.67 bits per heavy atom. The van der Waals surface area contributed by atoms with Gasteiger partial charge in [0.1, 0.15) is 17.5 Å². The van der Waals surface area contributed by atoms with E-state index in [1.165, 1.54) is 0 Å². The first-order valence-corrected chi connectivity index (χ1v) is 4.73. The maximum atomic E-state index is 12.3. The molecule has 0 unspecified atom stereocenters. The number of hydrogen-bond acceptors (Lipinski definition) is 3. The zero-order chi connectivity index (χ0) is 11.6. The number of hydrogen-bond donors (Lipinski definition) is 0. The highest BCUT2D eigenvalue weighted by atomic mass is 79.9. The zero-order valence-corrected chi connectivity index (χ0v) is 9.31. The number of aromatic nitrogens is 1. The Bertz CT molecular complexity index is 459. The van der Waals surface area contributed by atoms with Crippen LogP contribution in [0.25, 0.3) is 0 Å². The van der Waals surface area contributed by atoms with Gasteiger partial charge in [-0.3, -0.25) is 4.79 Å². The maximum Gasteiger partial charge on any atom is 0.280 e. The number of carbonyl (C=O) groups excluding carboxylic acids is 1. The van der Waals surface area contributed by atoms with E-state index in [9.17, 15) is 13.6 Å². The maximum absolute atomic E-state index is 12.3. The first kappa shape index (κ1) is 12.0. The molecule has 1 aromatic heterocycles. The van der Waals surface area contributed by atoms with Crippen LogP contribution in [0.4, 0.5) is 8.78 Å². The van der Waals surface area contributed by atoms with Crippen molar-refractivity contribution in [2.75, 3.05) is 0 Å². The number of rotatable bonds is 2. The van der Waals surface area contributed by atoms with Crippen molar-refractivity contribution >= 4 is 32.8 Å². The van der Waals surface area contributed by atoms with Gasteiger partial charge in [-0.05, 0) is 33.6 Å². The molecule has 0 radical (unpaired) electrons.